The smallest absolute Gasteiger partial charge is 0.475 e. The molecule has 0 aliphatic carbocycles. The zero-order valence-corrected chi connectivity index (χ0v) is 20.7. The number of aromatic nitrogens is 6. The third-order valence-electron chi connectivity index (χ3n) is 6.83. The lowest BCUT2D eigenvalue weighted by Gasteiger charge is -2.53. The quantitative estimate of drug-likeness (QED) is 0.401. The van der Waals surface area contributed by atoms with E-state index in [9.17, 15) is 18.0 Å². The standard InChI is InChI=1S/C22H24N8O.C2HF3O2/c1-14-9-16(28-12-22(13-28)5-7-23-8-6-22)11-29-20(31)10-18(25-21(14)29)17-3-4-19-24-15(2)26-30(19)27-17;3-2(4,5)1(6)7/h3-4,9-11,23H,5-8,12-13H2,1-2H3;(H,6,7). The largest absolute Gasteiger partial charge is 0.490 e. The number of halogens is 3. The summed E-state index contributed by atoms with van der Waals surface area (Å²) in [4.78, 5) is 33.3. The molecule has 0 amide bonds. The van der Waals surface area contributed by atoms with Crippen molar-refractivity contribution in [3.05, 3.63) is 52.2 Å². The van der Waals surface area contributed by atoms with Gasteiger partial charge in [0, 0.05) is 30.8 Å². The van der Waals surface area contributed by atoms with E-state index in [4.69, 9.17) is 14.9 Å². The molecule has 0 radical (unpaired) electrons. The summed E-state index contributed by atoms with van der Waals surface area (Å²) in [5, 5.41) is 19.3. The highest BCUT2D eigenvalue weighted by molar-refractivity contribution is 5.73. The first-order valence-corrected chi connectivity index (χ1v) is 12.0. The highest BCUT2D eigenvalue weighted by Crippen LogP contribution is 2.41. The number of nitrogens with zero attached hydrogens (tertiary/aromatic N) is 7. The highest BCUT2D eigenvalue weighted by Gasteiger charge is 2.43. The molecule has 38 heavy (non-hydrogen) atoms. The van der Waals surface area contributed by atoms with Crippen LogP contribution in [-0.2, 0) is 4.79 Å². The first-order valence-electron chi connectivity index (χ1n) is 12.0. The summed E-state index contributed by atoms with van der Waals surface area (Å²) in [5.74, 6) is -2.11. The first-order chi connectivity index (χ1) is 17.9. The predicted molar refractivity (Wildman–Crippen MR) is 131 cm³/mol. The number of hydrogen-bond acceptors (Lipinski definition) is 8. The van der Waals surface area contributed by atoms with Crippen LogP contribution in [0.4, 0.5) is 18.9 Å². The number of carbonyl (C=O) groups is 1. The monoisotopic (exact) mass is 530 g/mol. The van der Waals surface area contributed by atoms with Crippen molar-refractivity contribution in [1.29, 1.82) is 0 Å². The minimum Gasteiger partial charge on any atom is -0.475 e. The lowest BCUT2D eigenvalue weighted by atomic mass is 9.72. The molecule has 0 atom stereocenters. The zero-order valence-electron chi connectivity index (χ0n) is 20.7. The van der Waals surface area contributed by atoms with Crippen molar-refractivity contribution in [2.45, 2.75) is 32.9 Å². The zero-order chi connectivity index (χ0) is 27.2. The minimum atomic E-state index is -5.08. The molecule has 6 heterocycles. The van der Waals surface area contributed by atoms with Gasteiger partial charge in [-0.05, 0) is 63.5 Å². The molecule has 11 nitrogen and oxygen atoms in total. The number of alkyl halides is 3. The van der Waals surface area contributed by atoms with Crippen molar-refractivity contribution in [3.8, 4) is 11.4 Å². The third kappa shape index (κ3) is 4.90. The molecule has 4 aromatic heterocycles. The number of aliphatic carboxylic acids is 1. The van der Waals surface area contributed by atoms with Gasteiger partial charge in [0.25, 0.3) is 5.56 Å². The number of anilines is 1. The van der Waals surface area contributed by atoms with Crippen LogP contribution in [0.2, 0.25) is 0 Å². The van der Waals surface area contributed by atoms with Gasteiger partial charge < -0.3 is 15.3 Å². The molecule has 2 fully saturated rings. The van der Waals surface area contributed by atoms with Gasteiger partial charge in [0.1, 0.15) is 17.2 Å². The number of piperidine rings is 1. The molecule has 2 aliphatic heterocycles. The molecule has 0 aromatic carbocycles. The Bertz CT molecular complexity index is 1580. The molecule has 6 rings (SSSR count). The Morgan fingerprint density at radius 3 is 2.39 bits per heavy atom. The second-order valence-electron chi connectivity index (χ2n) is 9.69. The van der Waals surface area contributed by atoms with Crippen LogP contribution in [0.1, 0.15) is 24.2 Å². The van der Waals surface area contributed by atoms with Crippen LogP contribution in [0.15, 0.2) is 35.3 Å². The van der Waals surface area contributed by atoms with Crippen molar-refractivity contribution >= 4 is 23.0 Å². The van der Waals surface area contributed by atoms with E-state index in [0.29, 0.717) is 33.9 Å². The number of rotatable bonds is 2. The van der Waals surface area contributed by atoms with E-state index in [0.717, 1.165) is 37.4 Å². The van der Waals surface area contributed by atoms with E-state index >= 15 is 0 Å². The van der Waals surface area contributed by atoms with Crippen LogP contribution < -0.4 is 15.8 Å². The average molecular weight is 531 g/mol. The Hall–Kier alpha value is -4.07. The van der Waals surface area contributed by atoms with E-state index in [-0.39, 0.29) is 5.56 Å². The molecular formula is C24H25F3N8O3. The molecule has 2 aliphatic rings. The van der Waals surface area contributed by atoms with E-state index in [1.54, 1.807) is 10.5 Å². The highest BCUT2D eigenvalue weighted by atomic mass is 19.4. The van der Waals surface area contributed by atoms with Crippen LogP contribution in [0, 0.1) is 19.3 Å². The summed E-state index contributed by atoms with van der Waals surface area (Å²) >= 11 is 0. The topological polar surface area (TPSA) is 130 Å². The molecule has 14 heteroatoms. The molecule has 200 valence electrons. The fraction of sp³-hybridized carbons (Fsp3) is 0.417. The van der Waals surface area contributed by atoms with Gasteiger partial charge in [-0.25, -0.2) is 14.8 Å². The second kappa shape index (κ2) is 9.35. The van der Waals surface area contributed by atoms with Crippen molar-refractivity contribution in [3.63, 3.8) is 0 Å². The van der Waals surface area contributed by atoms with E-state index < -0.39 is 12.1 Å². The van der Waals surface area contributed by atoms with Crippen molar-refractivity contribution in [2.75, 3.05) is 31.1 Å². The number of carboxylic acids is 1. The third-order valence-corrected chi connectivity index (χ3v) is 6.83. The maximum absolute atomic E-state index is 13.0. The summed E-state index contributed by atoms with van der Waals surface area (Å²) in [5.41, 5.74) is 4.83. The normalized spacial score (nSPS) is 16.8. The van der Waals surface area contributed by atoms with Crippen molar-refractivity contribution in [2.24, 2.45) is 5.41 Å². The van der Waals surface area contributed by atoms with Gasteiger partial charge in [0.15, 0.2) is 5.65 Å². The van der Waals surface area contributed by atoms with E-state index in [1.165, 1.54) is 17.5 Å². The maximum Gasteiger partial charge on any atom is 0.490 e. The lowest BCUT2D eigenvalue weighted by Crippen LogP contribution is -2.60. The number of hydrogen-bond donors (Lipinski definition) is 2. The van der Waals surface area contributed by atoms with Crippen LogP contribution >= 0.6 is 0 Å². The molecular weight excluding hydrogens is 505 g/mol. The summed E-state index contributed by atoms with van der Waals surface area (Å²) in [6.45, 7) is 8.14. The average Bonchev–Trinajstić information content (AvgIpc) is 3.22. The fourth-order valence-corrected chi connectivity index (χ4v) is 4.90. The second-order valence-corrected chi connectivity index (χ2v) is 9.69. The molecule has 2 saturated heterocycles. The molecule has 1 spiro atoms. The Kier molecular flexibility index (Phi) is 6.29. The molecule has 4 aromatic rings. The van der Waals surface area contributed by atoms with Gasteiger partial charge in [0.2, 0.25) is 0 Å². The molecule has 0 saturated carbocycles. The van der Waals surface area contributed by atoms with E-state index in [1.807, 2.05) is 32.2 Å². The van der Waals surface area contributed by atoms with Crippen molar-refractivity contribution in [1.82, 2.24) is 34.5 Å². The summed E-state index contributed by atoms with van der Waals surface area (Å²) in [6.07, 6.45) is -0.708. The van der Waals surface area contributed by atoms with E-state index in [2.05, 4.69) is 31.5 Å². The van der Waals surface area contributed by atoms with Gasteiger partial charge in [0.05, 0.1) is 11.4 Å². The Morgan fingerprint density at radius 1 is 1.05 bits per heavy atom. The van der Waals surface area contributed by atoms with Gasteiger partial charge >= 0.3 is 12.1 Å². The molecule has 0 unspecified atom stereocenters. The van der Waals surface area contributed by atoms with Crippen LogP contribution in [0.5, 0.6) is 0 Å². The van der Waals surface area contributed by atoms with Crippen LogP contribution in [0.25, 0.3) is 22.7 Å². The van der Waals surface area contributed by atoms with Gasteiger partial charge in [-0.15, -0.1) is 14.8 Å². The Labute approximate surface area is 213 Å². The SMILES string of the molecule is Cc1nc2ccc(-c3cc(=O)n4cc(N5CC6(CCNCC6)C5)cc(C)c4n3)nn2n1.O=C(O)C(F)(F)F. The minimum absolute atomic E-state index is 0.112. The number of nitrogens with one attached hydrogen (secondary N) is 1. The summed E-state index contributed by atoms with van der Waals surface area (Å²) in [6, 6.07) is 7.34. The number of pyridine rings is 1. The van der Waals surface area contributed by atoms with Gasteiger partial charge in [-0.2, -0.15) is 13.2 Å². The number of aryl methyl sites for hydroxylation is 2. The van der Waals surface area contributed by atoms with Crippen molar-refractivity contribution < 1.29 is 23.1 Å². The Morgan fingerprint density at radius 2 is 1.74 bits per heavy atom. The van der Waals surface area contributed by atoms with Gasteiger partial charge in [-0.1, -0.05) is 0 Å². The van der Waals surface area contributed by atoms with Gasteiger partial charge in [-0.3, -0.25) is 9.20 Å². The molecule has 2 N–H and O–H groups in total. The van der Waals surface area contributed by atoms with Crippen LogP contribution in [0.3, 0.4) is 0 Å². The first kappa shape index (κ1) is 25.6. The lowest BCUT2D eigenvalue weighted by molar-refractivity contribution is -0.192. The Balaban J connectivity index is 0.000000374. The summed E-state index contributed by atoms with van der Waals surface area (Å²) in [7, 11) is 0. The maximum atomic E-state index is 13.0. The number of carboxylic acid groups (broad SMARTS) is 1. The number of fused-ring (bicyclic) bond motifs is 2. The predicted octanol–water partition coefficient (Wildman–Crippen LogP) is 2.24. The van der Waals surface area contributed by atoms with Crippen LogP contribution in [-0.4, -0.2) is 72.6 Å². The summed E-state index contributed by atoms with van der Waals surface area (Å²) < 4.78 is 34.9. The fourth-order valence-electron chi connectivity index (χ4n) is 4.90. The molecule has 0 bridgehead atoms.